The molecule has 2 aromatic heterocycles. The van der Waals surface area contributed by atoms with Crippen LogP contribution in [0, 0.1) is 11.7 Å². The maximum absolute atomic E-state index is 13.2. The molecule has 112 valence electrons. The lowest BCUT2D eigenvalue weighted by Crippen LogP contribution is -2.09. The fraction of sp³-hybridized carbons (Fsp3) is 0.294. The topological polar surface area (TPSA) is 30.7 Å². The smallest absolute Gasteiger partial charge is 0.164 e. The number of hydrogen-bond acceptors (Lipinski definition) is 3. The molecule has 0 amide bonds. The monoisotopic (exact) mass is 313 g/mol. The highest BCUT2D eigenvalue weighted by Gasteiger charge is 2.21. The highest BCUT2D eigenvalue weighted by Crippen LogP contribution is 2.28. The summed E-state index contributed by atoms with van der Waals surface area (Å²) in [7, 11) is 0. The number of aromatic nitrogens is 3. The first kappa shape index (κ1) is 13.8. The van der Waals surface area contributed by atoms with E-state index in [0.717, 1.165) is 29.1 Å². The van der Waals surface area contributed by atoms with Crippen molar-refractivity contribution in [3.63, 3.8) is 0 Å². The van der Waals surface area contributed by atoms with E-state index in [1.165, 1.54) is 30.1 Å². The lowest BCUT2D eigenvalue weighted by Gasteiger charge is -2.11. The van der Waals surface area contributed by atoms with Gasteiger partial charge in [-0.15, -0.1) is 0 Å². The van der Waals surface area contributed by atoms with E-state index in [1.807, 2.05) is 23.9 Å². The molecule has 0 bridgehead atoms. The van der Waals surface area contributed by atoms with Crippen molar-refractivity contribution < 1.29 is 4.39 Å². The molecule has 1 fully saturated rings. The first-order valence-corrected chi connectivity index (χ1v) is 8.63. The number of thioether (sulfide) groups is 1. The fourth-order valence-corrected chi connectivity index (χ4v) is 4.24. The van der Waals surface area contributed by atoms with Crippen LogP contribution in [0.3, 0.4) is 0 Å². The highest BCUT2D eigenvalue weighted by atomic mass is 32.2. The molecule has 22 heavy (non-hydrogen) atoms. The third-order valence-corrected chi connectivity index (χ3v) is 5.30. The lowest BCUT2D eigenvalue weighted by molar-refractivity contribution is 0.572. The van der Waals surface area contributed by atoms with Gasteiger partial charge in [0.25, 0.3) is 0 Å². The Morgan fingerprint density at radius 1 is 1.23 bits per heavy atom. The summed E-state index contributed by atoms with van der Waals surface area (Å²) in [4.78, 5) is 9.25. The summed E-state index contributed by atoms with van der Waals surface area (Å²) in [5.41, 5.74) is 2.66. The zero-order valence-corrected chi connectivity index (χ0v) is 12.9. The van der Waals surface area contributed by atoms with E-state index in [0.29, 0.717) is 5.92 Å². The molecular weight excluding hydrogens is 297 g/mol. The molecule has 0 saturated carbocycles. The van der Waals surface area contributed by atoms with Crippen LogP contribution >= 0.6 is 11.8 Å². The summed E-state index contributed by atoms with van der Waals surface area (Å²) in [6, 6.07) is 10.4. The minimum atomic E-state index is -0.227. The molecule has 4 rings (SSSR count). The number of fused-ring (bicyclic) bond motifs is 1. The molecule has 1 aromatic carbocycles. The van der Waals surface area contributed by atoms with Gasteiger partial charge in [-0.3, -0.25) is 4.57 Å². The van der Waals surface area contributed by atoms with E-state index in [2.05, 4.69) is 9.55 Å². The van der Waals surface area contributed by atoms with E-state index in [-0.39, 0.29) is 5.82 Å². The van der Waals surface area contributed by atoms with Crippen molar-refractivity contribution >= 4 is 22.9 Å². The van der Waals surface area contributed by atoms with Gasteiger partial charge in [-0.2, -0.15) is 11.8 Å². The quantitative estimate of drug-likeness (QED) is 0.736. The second-order valence-electron chi connectivity index (χ2n) is 5.62. The summed E-state index contributed by atoms with van der Waals surface area (Å²) < 4.78 is 15.3. The van der Waals surface area contributed by atoms with E-state index >= 15 is 0 Å². The van der Waals surface area contributed by atoms with Crippen molar-refractivity contribution in [1.82, 2.24) is 14.5 Å². The molecule has 3 heterocycles. The Hall–Kier alpha value is -1.88. The van der Waals surface area contributed by atoms with Crippen molar-refractivity contribution in [2.24, 2.45) is 5.92 Å². The first-order valence-electron chi connectivity index (χ1n) is 7.47. The van der Waals surface area contributed by atoms with Crippen LogP contribution in [-0.4, -0.2) is 26.0 Å². The van der Waals surface area contributed by atoms with Gasteiger partial charge in [0.15, 0.2) is 5.65 Å². The number of benzene rings is 1. The van der Waals surface area contributed by atoms with Crippen LogP contribution in [0.1, 0.15) is 12.2 Å². The van der Waals surface area contributed by atoms with Crippen LogP contribution in [0.4, 0.5) is 4.39 Å². The van der Waals surface area contributed by atoms with Crippen LogP contribution < -0.4 is 0 Å². The minimum Gasteiger partial charge on any atom is -0.281 e. The van der Waals surface area contributed by atoms with Gasteiger partial charge in [-0.05, 0) is 60.2 Å². The Balaban J connectivity index is 1.83. The predicted molar refractivity (Wildman–Crippen MR) is 88.0 cm³/mol. The molecule has 1 saturated heterocycles. The van der Waals surface area contributed by atoms with E-state index in [4.69, 9.17) is 4.98 Å². The SMILES string of the molecule is Fc1ccc(-n2c(CC3CCSC3)nc3cccnc32)cc1. The molecular formula is C17H16FN3S. The maximum Gasteiger partial charge on any atom is 0.164 e. The van der Waals surface area contributed by atoms with Crippen LogP contribution in [0.5, 0.6) is 0 Å². The average molecular weight is 313 g/mol. The number of pyridine rings is 1. The number of rotatable bonds is 3. The van der Waals surface area contributed by atoms with Gasteiger partial charge in [0, 0.05) is 18.3 Å². The molecule has 3 nitrogen and oxygen atoms in total. The van der Waals surface area contributed by atoms with Crippen LogP contribution in [0.25, 0.3) is 16.9 Å². The molecule has 1 unspecified atom stereocenters. The van der Waals surface area contributed by atoms with Crippen LogP contribution in [-0.2, 0) is 6.42 Å². The van der Waals surface area contributed by atoms with Gasteiger partial charge < -0.3 is 0 Å². The Kier molecular flexibility index (Phi) is 3.58. The van der Waals surface area contributed by atoms with Gasteiger partial charge in [-0.1, -0.05) is 0 Å². The molecule has 5 heteroatoms. The highest BCUT2D eigenvalue weighted by molar-refractivity contribution is 7.99. The standard InChI is InChI=1S/C17H16FN3S/c18-13-3-5-14(6-4-13)21-16(10-12-7-9-22-11-12)20-15-2-1-8-19-17(15)21/h1-6,8,12H,7,9-11H2. The number of nitrogens with zero attached hydrogens (tertiary/aromatic N) is 3. The van der Waals surface area contributed by atoms with E-state index < -0.39 is 0 Å². The molecule has 0 radical (unpaired) electrons. The number of imidazole rings is 1. The van der Waals surface area contributed by atoms with Gasteiger partial charge in [0.1, 0.15) is 17.2 Å². The Morgan fingerprint density at radius 2 is 2.09 bits per heavy atom. The molecule has 0 aliphatic carbocycles. The summed E-state index contributed by atoms with van der Waals surface area (Å²) in [6.07, 6.45) is 3.96. The first-order chi connectivity index (χ1) is 10.8. The van der Waals surface area contributed by atoms with Gasteiger partial charge >= 0.3 is 0 Å². The number of halogens is 1. The summed E-state index contributed by atoms with van der Waals surface area (Å²) in [5, 5.41) is 0. The maximum atomic E-state index is 13.2. The molecule has 1 aliphatic rings. The normalized spacial score (nSPS) is 18.1. The average Bonchev–Trinajstić information content (AvgIpc) is 3.16. The van der Waals surface area contributed by atoms with Crippen LogP contribution in [0.2, 0.25) is 0 Å². The van der Waals surface area contributed by atoms with Gasteiger partial charge in [0.05, 0.1) is 0 Å². The predicted octanol–water partition coefficient (Wildman–Crippen LogP) is 3.86. The lowest BCUT2D eigenvalue weighted by atomic mass is 10.0. The zero-order chi connectivity index (χ0) is 14.9. The van der Waals surface area contributed by atoms with Gasteiger partial charge in [0.2, 0.25) is 0 Å². The molecule has 0 spiro atoms. The van der Waals surface area contributed by atoms with E-state index in [9.17, 15) is 4.39 Å². The Labute approximate surface area is 132 Å². The van der Waals surface area contributed by atoms with Crippen molar-refractivity contribution in [2.75, 3.05) is 11.5 Å². The molecule has 1 aliphatic heterocycles. The van der Waals surface area contributed by atoms with Crippen molar-refractivity contribution in [1.29, 1.82) is 0 Å². The Bertz CT molecular complexity index is 791. The summed E-state index contributed by atoms with van der Waals surface area (Å²) in [5.74, 6) is 3.89. The largest absolute Gasteiger partial charge is 0.281 e. The fourth-order valence-electron chi connectivity index (χ4n) is 2.96. The third-order valence-electron chi connectivity index (χ3n) is 4.07. The second-order valence-corrected chi connectivity index (χ2v) is 6.77. The number of hydrogen-bond donors (Lipinski definition) is 0. The van der Waals surface area contributed by atoms with Gasteiger partial charge in [-0.25, -0.2) is 14.4 Å². The second kappa shape index (κ2) is 5.72. The zero-order valence-electron chi connectivity index (χ0n) is 12.1. The summed E-state index contributed by atoms with van der Waals surface area (Å²) >= 11 is 2.01. The van der Waals surface area contributed by atoms with Crippen molar-refractivity contribution in [3.05, 3.63) is 54.2 Å². The minimum absolute atomic E-state index is 0.227. The molecule has 3 aromatic rings. The van der Waals surface area contributed by atoms with Crippen molar-refractivity contribution in [2.45, 2.75) is 12.8 Å². The Morgan fingerprint density at radius 3 is 2.86 bits per heavy atom. The van der Waals surface area contributed by atoms with Crippen molar-refractivity contribution in [3.8, 4) is 5.69 Å². The molecule has 1 atom stereocenters. The van der Waals surface area contributed by atoms with E-state index in [1.54, 1.807) is 18.3 Å². The third kappa shape index (κ3) is 2.50. The van der Waals surface area contributed by atoms with Crippen LogP contribution in [0.15, 0.2) is 42.6 Å². The summed E-state index contributed by atoms with van der Waals surface area (Å²) in [6.45, 7) is 0. The molecule has 0 N–H and O–H groups in total.